The van der Waals surface area contributed by atoms with Crippen molar-refractivity contribution in [3.63, 3.8) is 0 Å². The number of carbonyl (C=O) groups is 1. The minimum absolute atomic E-state index is 0.0604. The van der Waals surface area contributed by atoms with Crippen LogP contribution in [0.3, 0.4) is 0 Å². The van der Waals surface area contributed by atoms with Gasteiger partial charge in [0, 0.05) is 26.1 Å². The lowest BCUT2D eigenvalue weighted by Crippen LogP contribution is -2.41. The molecule has 1 heterocycles. The Balaban J connectivity index is 2.79. The second kappa shape index (κ2) is 6.00. The van der Waals surface area contributed by atoms with Crippen LogP contribution in [-0.2, 0) is 7.05 Å². The molecule has 0 fully saturated rings. The molecule has 0 radical (unpaired) electrons. The second-order valence-corrected chi connectivity index (χ2v) is 4.92. The Morgan fingerprint density at radius 1 is 1.50 bits per heavy atom. The van der Waals surface area contributed by atoms with Gasteiger partial charge in [-0.2, -0.15) is 0 Å². The summed E-state index contributed by atoms with van der Waals surface area (Å²) in [5, 5.41) is 9.54. The summed E-state index contributed by atoms with van der Waals surface area (Å²) in [4.78, 5) is 17.9. The largest absolute Gasteiger partial charge is 0.396 e. The van der Waals surface area contributed by atoms with Gasteiger partial charge in [-0.1, -0.05) is 13.8 Å². The van der Waals surface area contributed by atoms with E-state index in [0.29, 0.717) is 12.2 Å². The molecule has 18 heavy (non-hydrogen) atoms. The van der Waals surface area contributed by atoms with Crippen molar-refractivity contribution in [1.82, 2.24) is 14.5 Å². The molecule has 0 saturated carbocycles. The maximum absolute atomic E-state index is 12.2. The molecule has 1 N–H and O–H groups in total. The minimum Gasteiger partial charge on any atom is -0.396 e. The van der Waals surface area contributed by atoms with Gasteiger partial charge in [-0.3, -0.25) is 4.79 Å². The Bertz CT molecular complexity index is 388. The first kappa shape index (κ1) is 14.7. The molecule has 1 aromatic rings. The summed E-state index contributed by atoms with van der Waals surface area (Å²) < 4.78 is 1.71. The number of imidazole rings is 1. The third-order valence-corrected chi connectivity index (χ3v) is 3.79. The zero-order valence-electron chi connectivity index (χ0n) is 11.7. The highest BCUT2D eigenvalue weighted by atomic mass is 16.3. The van der Waals surface area contributed by atoms with Crippen molar-refractivity contribution in [3.8, 4) is 0 Å². The molecule has 1 amide bonds. The van der Waals surface area contributed by atoms with E-state index in [1.54, 1.807) is 36.1 Å². The van der Waals surface area contributed by atoms with Gasteiger partial charge < -0.3 is 14.6 Å². The lowest BCUT2D eigenvalue weighted by atomic mass is 9.83. The van der Waals surface area contributed by atoms with E-state index < -0.39 is 0 Å². The second-order valence-electron chi connectivity index (χ2n) is 4.92. The van der Waals surface area contributed by atoms with Crippen LogP contribution in [0.4, 0.5) is 0 Å². The average Bonchev–Trinajstić information content (AvgIpc) is 2.81. The molecule has 0 saturated heterocycles. The number of nitrogens with zero attached hydrogens (tertiary/aromatic N) is 3. The molecule has 0 unspecified atom stereocenters. The molecule has 5 nitrogen and oxygen atoms in total. The number of hydrogen-bond acceptors (Lipinski definition) is 3. The molecule has 0 aromatic carbocycles. The Morgan fingerprint density at radius 2 is 2.11 bits per heavy atom. The summed E-state index contributed by atoms with van der Waals surface area (Å²) in [7, 11) is 3.57. The van der Waals surface area contributed by atoms with Crippen molar-refractivity contribution < 1.29 is 9.90 Å². The third-order valence-electron chi connectivity index (χ3n) is 3.79. The van der Waals surface area contributed by atoms with Gasteiger partial charge >= 0.3 is 0 Å². The monoisotopic (exact) mass is 253 g/mol. The number of aliphatic hydroxyl groups is 1. The van der Waals surface area contributed by atoms with Crippen LogP contribution < -0.4 is 0 Å². The summed E-state index contributed by atoms with van der Waals surface area (Å²) in [6, 6.07) is 0. The van der Waals surface area contributed by atoms with E-state index in [1.807, 2.05) is 13.8 Å². The number of aryl methyl sites for hydroxylation is 1. The zero-order chi connectivity index (χ0) is 13.8. The van der Waals surface area contributed by atoms with Crippen molar-refractivity contribution in [2.24, 2.45) is 12.5 Å². The van der Waals surface area contributed by atoms with Crippen molar-refractivity contribution in [2.75, 3.05) is 20.2 Å². The van der Waals surface area contributed by atoms with Gasteiger partial charge in [0.05, 0.1) is 19.1 Å². The molecule has 0 aliphatic rings. The van der Waals surface area contributed by atoms with E-state index in [9.17, 15) is 9.90 Å². The number of aliphatic hydroxyl groups excluding tert-OH is 1. The van der Waals surface area contributed by atoms with Crippen LogP contribution in [0.15, 0.2) is 12.5 Å². The van der Waals surface area contributed by atoms with E-state index in [0.717, 1.165) is 12.8 Å². The SMILES string of the molecule is CCC(CC)(CO)CN(C)C(=O)c1cncn1C. The number of amides is 1. The molecule has 102 valence electrons. The lowest BCUT2D eigenvalue weighted by molar-refractivity contribution is 0.0538. The van der Waals surface area contributed by atoms with Gasteiger partial charge in [-0.15, -0.1) is 0 Å². The van der Waals surface area contributed by atoms with E-state index in [1.165, 1.54) is 0 Å². The molecular weight excluding hydrogens is 230 g/mol. The first-order chi connectivity index (χ1) is 8.49. The average molecular weight is 253 g/mol. The number of rotatable bonds is 6. The van der Waals surface area contributed by atoms with Crippen molar-refractivity contribution in [2.45, 2.75) is 26.7 Å². The van der Waals surface area contributed by atoms with Crippen molar-refractivity contribution >= 4 is 5.91 Å². The zero-order valence-corrected chi connectivity index (χ0v) is 11.7. The van der Waals surface area contributed by atoms with E-state index in [-0.39, 0.29) is 17.9 Å². The maximum atomic E-state index is 12.2. The van der Waals surface area contributed by atoms with Gasteiger partial charge in [0.15, 0.2) is 0 Å². The molecular formula is C13H23N3O2. The molecule has 0 atom stereocenters. The minimum atomic E-state index is -0.205. The first-order valence-corrected chi connectivity index (χ1v) is 6.32. The Morgan fingerprint density at radius 3 is 2.50 bits per heavy atom. The van der Waals surface area contributed by atoms with E-state index in [4.69, 9.17) is 0 Å². The molecule has 5 heteroatoms. The normalized spacial score (nSPS) is 11.6. The topological polar surface area (TPSA) is 58.4 Å². The fourth-order valence-corrected chi connectivity index (χ4v) is 2.08. The molecule has 0 bridgehead atoms. The summed E-state index contributed by atoms with van der Waals surface area (Å²) in [6.07, 6.45) is 4.88. The van der Waals surface area contributed by atoms with Crippen LogP contribution in [0, 0.1) is 5.41 Å². The highest BCUT2D eigenvalue weighted by Gasteiger charge is 2.29. The number of aromatic nitrogens is 2. The van der Waals surface area contributed by atoms with Crippen LogP contribution in [0.25, 0.3) is 0 Å². The Kier molecular flexibility index (Phi) is 4.90. The van der Waals surface area contributed by atoms with Crippen LogP contribution in [0.1, 0.15) is 37.2 Å². The molecule has 1 aromatic heterocycles. The fourth-order valence-electron chi connectivity index (χ4n) is 2.08. The third kappa shape index (κ3) is 2.90. The van der Waals surface area contributed by atoms with E-state index >= 15 is 0 Å². The summed E-state index contributed by atoms with van der Waals surface area (Å²) in [5.41, 5.74) is 0.361. The smallest absolute Gasteiger partial charge is 0.271 e. The Hall–Kier alpha value is -1.36. The van der Waals surface area contributed by atoms with Crippen molar-refractivity contribution in [1.29, 1.82) is 0 Å². The van der Waals surface area contributed by atoms with Gasteiger partial charge in [0.1, 0.15) is 5.69 Å². The predicted octanol–water partition coefficient (Wildman–Crippen LogP) is 1.29. The fraction of sp³-hybridized carbons (Fsp3) is 0.692. The van der Waals surface area contributed by atoms with E-state index in [2.05, 4.69) is 4.98 Å². The van der Waals surface area contributed by atoms with Crippen LogP contribution >= 0.6 is 0 Å². The molecule has 0 aliphatic heterocycles. The van der Waals surface area contributed by atoms with Gasteiger partial charge in [-0.05, 0) is 12.8 Å². The van der Waals surface area contributed by atoms with Crippen LogP contribution in [0.5, 0.6) is 0 Å². The standard InChI is InChI=1S/C13H23N3O2/c1-5-13(6-2,9-17)8-15(3)12(18)11-7-14-10-16(11)4/h7,10,17H,5-6,8-9H2,1-4H3. The van der Waals surface area contributed by atoms with Crippen LogP contribution in [0.2, 0.25) is 0 Å². The van der Waals surface area contributed by atoms with Gasteiger partial charge in [0.25, 0.3) is 5.91 Å². The summed E-state index contributed by atoms with van der Waals surface area (Å²) in [5.74, 6) is -0.0604. The number of carbonyl (C=O) groups excluding carboxylic acids is 1. The quantitative estimate of drug-likeness (QED) is 0.831. The summed E-state index contributed by atoms with van der Waals surface area (Å²) >= 11 is 0. The molecule has 0 spiro atoms. The van der Waals surface area contributed by atoms with Gasteiger partial charge in [-0.25, -0.2) is 4.98 Å². The first-order valence-electron chi connectivity index (χ1n) is 6.32. The van der Waals surface area contributed by atoms with Gasteiger partial charge in [0.2, 0.25) is 0 Å². The maximum Gasteiger partial charge on any atom is 0.271 e. The predicted molar refractivity (Wildman–Crippen MR) is 70.3 cm³/mol. The summed E-state index contributed by atoms with van der Waals surface area (Å²) in [6.45, 7) is 4.74. The highest BCUT2D eigenvalue weighted by molar-refractivity contribution is 5.92. The molecule has 1 rings (SSSR count). The highest BCUT2D eigenvalue weighted by Crippen LogP contribution is 2.26. The lowest BCUT2D eigenvalue weighted by Gasteiger charge is -2.33. The van der Waals surface area contributed by atoms with Crippen LogP contribution in [-0.4, -0.2) is 45.7 Å². The Labute approximate surface area is 108 Å². The van der Waals surface area contributed by atoms with Crippen molar-refractivity contribution in [3.05, 3.63) is 18.2 Å². The molecule has 0 aliphatic carbocycles. The number of hydrogen-bond donors (Lipinski definition) is 1.